The summed E-state index contributed by atoms with van der Waals surface area (Å²) >= 11 is 0. The molecule has 0 radical (unpaired) electrons. The number of rotatable bonds is 2. The maximum Gasteiger partial charge on any atom is 0.241 e. The van der Waals surface area contributed by atoms with E-state index in [9.17, 15) is 8.42 Å². The van der Waals surface area contributed by atoms with Gasteiger partial charge in [-0.1, -0.05) is 0 Å². The van der Waals surface area contributed by atoms with Crippen molar-refractivity contribution >= 4 is 15.7 Å². The van der Waals surface area contributed by atoms with Crippen molar-refractivity contribution in [2.75, 3.05) is 18.9 Å². The number of hydrogen-bond donors (Lipinski definition) is 2. The number of fused-ring (bicyclic) bond motifs is 1. The molecule has 0 aliphatic carbocycles. The van der Waals surface area contributed by atoms with Gasteiger partial charge in [-0.25, -0.2) is 13.1 Å². The number of sulfonamides is 1. The topological polar surface area (TPSA) is 90.7 Å². The lowest BCUT2D eigenvalue weighted by Crippen LogP contribution is -2.40. The van der Waals surface area contributed by atoms with Crippen molar-refractivity contribution in [3.8, 4) is 11.5 Å². The summed E-state index contributed by atoms with van der Waals surface area (Å²) in [6, 6.07) is 2.81. The molecule has 1 aliphatic heterocycles. The largest absolute Gasteiger partial charge is 0.486 e. The first-order chi connectivity index (χ1) is 8.69. The van der Waals surface area contributed by atoms with Gasteiger partial charge < -0.3 is 15.2 Å². The van der Waals surface area contributed by atoms with Gasteiger partial charge in [-0.15, -0.1) is 0 Å². The van der Waals surface area contributed by atoms with E-state index in [1.807, 2.05) is 0 Å². The Morgan fingerprint density at radius 3 is 2.47 bits per heavy atom. The number of benzene rings is 1. The Hall–Kier alpha value is -1.47. The quantitative estimate of drug-likeness (QED) is 0.795. The fraction of sp³-hybridized carbons (Fsp3) is 0.500. The number of nitrogens with one attached hydrogen (secondary N) is 1. The molecule has 0 bridgehead atoms. The standard InChI is InChI=1S/C12H18N2O4S/c1-12(2,3)14-19(15,16)8-6-9(13)11-10(7-8)17-4-5-18-11/h6-7,14H,4-5,13H2,1-3H3. The highest BCUT2D eigenvalue weighted by Crippen LogP contribution is 2.38. The van der Waals surface area contributed by atoms with Crippen LogP contribution in [0.2, 0.25) is 0 Å². The van der Waals surface area contributed by atoms with E-state index >= 15 is 0 Å². The number of nitrogen functional groups attached to an aromatic ring is 1. The molecule has 0 fully saturated rings. The van der Waals surface area contributed by atoms with Crippen LogP contribution >= 0.6 is 0 Å². The Bertz CT molecular complexity index is 590. The van der Waals surface area contributed by atoms with Gasteiger partial charge in [0.05, 0.1) is 10.6 Å². The molecule has 7 heteroatoms. The first-order valence-corrected chi connectivity index (χ1v) is 7.40. The highest BCUT2D eigenvalue weighted by Gasteiger charge is 2.25. The van der Waals surface area contributed by atoms with E-state index < -0.39 is 15.6 Å². The Balaban J connectivity index is 2.44. The van der Waals surface area contributed by atoms with E-state index in [2.05, 4.69) is 4.72 Å². The third-order valence-electron chi connectivity index (χ3n) is 2.40. The zero-order chi connectivity index (χ0) is 14.3. The molecule has 106 valence electrons. The van der Waals surface area contributed by atoms with Gasteiger partial charge in [0.1, 0.15) is 13.2 Å². The maximum absolute atomic E-state index is 12.2. The van der Waals surface area contributed by atoms with E-state index in [-0.39, 0.29) is 10.6 Å². The monoisotopic (exact) mass is 286 g/mol. The lowest BCUT2D eigenvalue weighted by molar-refractivity contribution is 0.172. The first-order valence-electron chi connectivity index (χ1n) is 5.92. The van der Waals surface area contributed by atoms with Crippen LogP contribution in [0.3, 0.4) is 0 Å². The second-order valence-corrected chi connectivity index (χ2v) is 7.07. The third kappa shape index (κ3) is 3.10. The number of anilines is 1. The summed E-state index contributed by atoms with van der Waals surface area (Å²) in [7, 11) is -3.64. The lowest BCUT2D eigenvalue weighted by Gasteiger charge is -2.23. The van der Waals surface area contributed by atoms with Crippen molar-refractivity contribution < 1.29 is 17.9 Å². The van der Waals surface area contributed by atoms with Crippen LogP contribution in [0.25, 0.3) is 0 Å². The van der Waals surface area contributed by atoms with E-state index in [1.165, 1.54) is 12.1 Å². The van der Waals surface area contributed by atoms with Crippen LogP contribution in [0, 0.1) is 0 Å². The Morgan fingerprint density at radius 2 is 1.84 bits per heavy atom. The van der Waals surface area contributed by atoms with Gasteiger partial charge in [0.25, 0.3) is 0 Å². The van der Waals surface area contributed by atoms with Crippen molar-refractivity contribution in [2.45, 2.75) is 31.2 Å². The molecule has 0 amide bonds. The smallest absolute Gasteiger partial charge is 0.241 e. The van der Waals surface area contributed by atoms with Crippen molar-refractivity contribution in [1.82, 2.24) is 4.72 Å². The van der Waals surface area contributed by atoms with Gasteiger partial charge in [0.2, 0.25) is 10.0 Å². The van der Waals surface area contributed by atoms with Crippen molar-refractivity contribution in [3.05, 3.63) is 12.1 Å². The Morgan fingerprint density at radius 1 is 1.21 bits per heavy atom. The molecule has 0 aromatic heterocycles. The van der Waals surface area contributed by atoms with Gasteiger partial charge in [-0.3, -0.25) is 0 Å². The van der Waals surface area contributed by atoms with Crippen LogP contribution in [0.15, 0.2) is 17.0 Å². The summed E-state index contributed by atoms with van der Waals surface area (Å²) in [4.78, 5) is 0.0733. The molecule has 19 heavy (non-hydrogen) atoms. The maximum atomic E-state index is 12.2. The zero-order valence-corrected chi connectivity index (χ0v) is 12.0. The molecule has 1 aromatic carbocycles. The number of ether oxygens (including phenoxy) is 2. The van der Waals surface area contributed by atoms with Crippen LogP contribution in [0.5, 0.6) is 11.5 Å². The lowest BCUT2D eigenvalue weighted by atomic mass is 10.1. The van der Waals surface area contributed by atoms with Crippen LogP contribution in [-0.2, 0) is 10.0 Å². The van der Waals surface area contributed by atoms with Crippen molar-refractivity contribution in [2.24, 2.45) is 0 Å². The molecular formula is C12H18N2O4S. The highest BCUT2D eigenvalue weighted by molar-refractivity contribution is 7.89. The molecule has 0 spiro atoms. The molecule has 1 aromatic rings. The second kappa shape index (κ2) is 4.57. The predicted octanol–water partition coefficient (Wildman–Crippen LogP) is 1.12. The van der Waals surface area contributed by atoms with Crippen LogP contribution < -0.4 is 19.9 Å². The molecule has 6 nitrogen and oxygen atoms in total. The second-order valence-electron chi connectivity index (χ2n) is 5.39. The minimum atomic E-state index is -3.64. The van der Waals surface area contributed by atoms with Gasteiger partial charge in [-0.2, -0.15) is 0 Å². The summed E-state index contributed by atoms with van der Waals surface area (Å²) in [6.07, 6.45) is 0. The predicted molar refractivity (Wildman–Crippen MR) is 71.9 cm³/mol. The van der Waals surface area contributed by atoms with E-state index in [1.54, 1.807) is 20.8 Å². The molecule has 2 rings (SSSR count). The van der Waals surface area contributed by atoms with E-state index in [0.29, 0.717) is 24.7 Å². The van der Waals surface area contributed by atoms with Gasteiger partial charge in [0, 0.05) is 11.6 Å². The van der Waals surface area contributed by atoms with Crippen LogP contribution in [0.4, 0.5) is 5.69 Å². The molecule has 1 aliphatic rings. The SMILES string of the molecule is CC(C)(C)NS(=O)(=O)c1cc(N)c2c(c1)OCCO2. The van der Waals surface area contributed by atoms with Gasteiger partial charge in [-0.05, 0) is 26.8 Å². The number of nitrogens with two attached hydrogens (primary N) is 1. The molecule has 0 saturated carbocycles. The fourth-order valence-corrected chi connectivity index (χ4v) is 3.24. The normalized spacial score (nSPS) is 15.3. The highest BCUT2D eigenvalue weighted by atomic mass is 32.2. The zero-order valence-electron chi connectivity index (χ0n) is 11.2. The third-order valence-corrected chi connectivity index (χ3v) is 4.13. The average molecular weight is 286 g/mol. The molecule has 1 heterocycles. The van der Waals surface area contributed by atoms with Crippen molar-refractivity contribution in [3.63, 3.8) is 0 Å². The van der Waals surface area contributed by atoms with E-state index in [4.69, 9.17) is 15.2 Å². The minimum Gasteiger partial charge on any atom is -0.486 e. The molecule has 0 unspecified atom stereocenters. The summed E-state index contributed by atoms with van der Waals surface area (Å²) in [5.41, 5.74) is 5.49. The molecule has 0 atom stereocenters. The van der Waals surface area contributed by atoms with Gasteiger partial charge in [0.15, 0.2) is 11.5 Å². The summed E-state index contributed by atoms with van der Waals surface area (Å²) < 4.78 is 37.7. The average Bonchev–Trinajstić information content (AvgIpc) is 2.26. The minimum absolute atomic E-state index is 0.0733. The first kappa shape index (κ1) is 14.0. The molecular weight excluding hydrogens is 268 g/mol. The summed E-state index contributed by atoms with van der Waals surface area (Å²) in [5, 5.41) is 0. The van der Waals surface area contributed by atoms with Gasteiger partial charge >= 0.3 is 0 Å². The number of hydrogen-bond acceptors (Lipinski definition) is 5. The molecule has 0 saturated heterocycles. The summed E-state index contributed by atoms with van der Waals surface area (Å²) in [6.45, 7) is 6.09. The van der Waals surface area contributed by atoms with Crippen LogP contribution in [0.1, 0.15) is 20.8 Å². The fourth-order valence-electron chi connectivity index (χ4n) is 1.77. The molecule has 3 N–H and O–H groups in total. The Kier molecular flexibility index (Phi) is 3.36. The van der Waals surface area contributed by atoms with Crippen molar-refractivity contribution in [1.29, 1.82) is 0 Å². The Labute approximate surface area is 112 Å². The summed E-state index contributed by atoms with van der Waals surface area (Å²) in [5.74, 6) is 0.765. The van der Waals surface area contributed by atoms with E-state index in [0.717, 1.165) is 0 Å². The van der Waals surface area contributed by atoms with Crippen LogP contribution in [-0.4, -0.2) is 27.2 Å².